The van der Waals surface area contributed by atoms with Crippen LogP contribution in [0.4, 0.5) is 24.7 Å². The van der Waals surface area contributed by atoms with Gasteiger partial charge in [-0.15, -0.1) is 0 Å². The standard InChI is InChI=1S/C21H22F3N7O2/c1-28-17-18(31(19(28)32)14-8-33-9-14)27-16(7-26-17)29-5-3-20(10-29)11-30(12-20)13-2-4-25-15(6-13)21(22,23)24/h2,4,6-7,14H,3,5,8-12H2,1H3. The Bertz CT molecular complexity index is 1290. The van der Waals surface area contributed by atoms with Gasteiger partial charge in [-0.2, -0.15) is 13.2 Å². The molecule has 3 saturated heterocycles. The molecule has 0 aliphatic carbocycles. The molecular formula is C21H22F3N7O2. The molecule has 174 valence electrons. The monoisotopic (exact) mass is 461 g/mol. The molecule has 0 N–H and O–H groups in total. The Kier molecular flexibility index (Phi) is 4.29. The van der Waals surface area contributed by atoms with Crippen LogP contribution in [0, 0.1) is 5.41 Å². The SMILES string of the molecule is Cn1c(=O)n(C2COC2)c2nc(N3CCC4(CN(c5ccnc(C(F)(F)F)c5)C4)C3)cnc21. The summed E-state index contributed by atoms with van der Waals surface area (Å²) >= 11 is 0. The molecule has 3 aliphatic heterocycles. The molecule has 33 heavy (non-hydrogen) atoms. The van der Waals surface area contributed by atoms with Crippen LogP contribution >= 0.6 is 0 Å². The third kappa shape index (κ3) is 3.18. The van der Waals surface area contributed by atoms with Crippen LogP contribution in [-0.2, 0) is 18.0 Å². The number of imidazole rings is 1. The minimum atomic E-state index is -4.45. The molecule has 0 amide bonds. The van der Waals surface area contributed by atoms with Crippen LogP contribution < -0.4 is 15.5 Å². The van der Waals surface area contributed by atoms with Gasteiger partial charge in [0.2, 0.25) is 0 Å². The van der Waals surface area contributed by atoms with Crippen LogP contribution in [0.15, 0.2) is 29.3 Å². The number of anilines is 2. The Morgan fingerprint density at radius 3 is 2.58 bits per heavy atom. The predicted octanol–water partition coefficient (Wildman–Crippen LogP) is 1.83. The van der Waals surface area contributed by atoms with Gasteiger partial charge < -0.3 is 14.5 Å². The van der Waals surface area contributed by atoms with E-state index in [2.05, 4.69) is 14.9 Å². The first-order chi connectivity index (χ1) is 15.7. The lowest BCUT2D eigenvalue weighted by atomic mass is 9.79. The van der Waals surface area contributed by atoms with Gasteiger partial charge in [0.05, 0.1) is 25.5 Å². The minimum Gasteiger partial charge on any atom is -0.377 e. The van der Waals surface area contributed by atoms with E-state index < -0.39 is 11.9 Å². The zero-order chi connectivity index (χ0) is 23.0. The first-order valence-corrected chi connectivity index (χ1v) is 10.8. The number of nitrogens with zero attached hydrogens (tertiary/aromatic N) is 7. The van der Waals surface area contributed by atoms with E-state index in [1.54, 1.807) is 23.9 Å². The summed E-state index contributed by atoms with van der Waals surface area (Å²) in [4.78, 5) is 29.5. The van der Waals surface area contributed by atoms with Crippen LogP contribution in [0.5, 0.6) is 0 Å². The highest BCUT2D eigenvalue weighted by atomic mass is 19.4. The molecule has 6 rings (SSSR count). The molecule has 3 fully saturated rings. The number of fused-ring (bicyclic) bond motifs is 1. The zero-order valence-corrected chi connectivity index (χ0v) is 17.9. The summed E-state index contributed by atoms with van der Waals surface area (Å²) in [7, 11) is 1.69. The molecule has 0 bridgehead atoms. The molecule has 0 aromatic carbocycles. The molecule has 3 aliphatic rings. The van der Waals surface area contributed by atoms with E-state index >= 15 is 0 Å². The van der Waals surface area contributed by atoms with Crippen molar-refractivity contribution in [2.45, 2.75) is 18.6 Å². The molecular weight excluding hydrogens is 439 g/mol. The highest BCUT2D eigenvalue weighted by Crippen LogP contribution is 2.43. The van der Waals surface area contributed by atoms with Gasteiger partial charge in [-0.05, 0) is 18.6 Å². The van der Waals surface area contributed by atoms with Crippen molar-refractivity contribution in [2.75, 3.05) is 49.2 Å². The summed E-state index contributed by atoms with van der Waals surface area (Å²) < 4.78 is 47.4. The van der Waals surface area contributed by atoms with Crippen LogP contribution in [0.25, 0.3) is 11.3 Å². The average Bonchev–Trinajstić information content (AvgIpc) is 3.28. The summed E-state index contributed by atoms with van der Waals surface area (Å²) in [6, 6.07) is 2.70. The maximum atomic E-state index is 13.0. The van der Waals surface area contributed by atoms with Gasteiger partial charge in [-0.1, -0.05) is 0 Å². The number of pyridine rings is 1. The smallest absolute Gasteiger partial charge is 0.377 e. The molecule has 0 atom stereocenters. The first kappa shape index (κ1) is 20.5. The molecule has 3 aromatic rings. The van der Waals surface area contributed by atoms with Crippen molar-refractivity contribution >= 4 is 22.8 Å². The lowest BCUT2D eigenvalue weighted by Crippen LogP contribution is -2.57. The van der Waals surface area contributed by atoms with E-state index in [0.717, 1.165) is 25.6 Å². The summed E-state index contributed by atoms with van der Waals surface area (Å²) in [5.41, 5.74) is 0.607. The fourth-order valence-corrected chi connectivity index (χ4v) is 5.06. The Morgan fingerprint density at radius 2 is 1.88 bits per heavy atom. The van der Waals surface area contributed by atoms with Crippen molar-refractivity contribution in [2.24, 2.45) is 12.5 Å². The van der Waals surface area contributed by atoms with Gasteiger partial charge in [0, 0.05) is 50.5 Å². The van der Waals surface area contributed by atoms with Crippen LogP contribution in [-0.4, -0.2) is 63.5 Å². The van der Waals surface area contributed by atoms with E-state index in [0.29, 0.717) is 49.1 Å². The summed E-state index contributed by atoms with van der Waals surface area (Å²) in [6.45, 7) is 3.84. The van der Waals surface area contributed by atoms with E-state index in [1.807, 2.05) is 4.90 Å². The zero-order valence-electron chi connectivity index (χ0n) is 17.9. The number of alkyl halides is 3. The number of ether oxygens (including phenoxy) is 1. The van der Waals surface area contributed by atoms with Crippen molar-refractivity contribution in [3.63, 3.8) is 0 Å². The summed E-state index contributed by atoms with van der Waals surface area (Å²) in [6.07, 6.45) is -0.638. The largest absolute Gasteiger partial charge is 0.433 e. The normalized spacial score (nSPS) is 20.5. The number of rotatable bonds is 3. The van der Waals surface area contributed by atoms with Crippen molar-refractivity contribution in [3.8, 4) is 0 Å². The fourth-order valence-electron chi connectivity index (χ4n) is 5.06. The third-order valence-electron chi connectivity index (χ3n) is 6.96. The third-order valence-corrected chi connectivity index (χ3v) is 6.96. The molecule has 0 unspecified atom stereocenters. The van der Waals surface area contributed by atoms with Gasteiger partial charge in [0.25, 0.3) is 0 Å². The van der Waals surface area contributed by atoms with Crippen LogP contribution in [0.3, 0.4) is 0 Å². The van der Waals surface area contributed by atoms with Crippen molar-refractivity contribution in [3.05, 3.63) is 40.7 Å². The molecule has 1 spiro atoms. The first-order valence-electron chi connectivity index (χ1n) is 10.8. The van der Waals surface area contributed by atoms with Gasteiger partial charge in [-0.25, -0.2) is 14.8 Å². The summed E-state index contributed by atoms with van der Waals surface area (Å²) in [5.74, 6) is 0.709. The van der Waals surface area contributed by atoms with Crippen LogP contribution in [0.2, 0.25) is 0 Å². The second-order valence-corrected chi connectivity index (χ2v) is 9.20. The molecule has 12 heteroatoms. The van der Waals surface area contributed by atoms with Crippen molar-refractivity contribution in [1.29, 1.82) is 0 Å². The fraction of sp³-hybridized carbons (Fsp3) is 0.524. The Balaban J connectivity index is 1.21. The number of hydrogen-bond donors (Lipinski definition) is 0. The van der Waals surface area contributed by atoms with Gasteiger partial charge in [0.15, 0.2) is 11.3 Å². The maximum Gasteiger partial charge on any atom is 0.433 e. The lowest BCUT2D eigenvalue weighted by molar-refractivity contribution is -0.141. The molecule has 3 aromatic heterocycles. The molecule has 0 saturated carbocycles. The van der Waals surface area contributed by atoms with Crippen LogP contribution in [0.1, 0.15) is 18.2 Å². The maximum absolute atomic E-state index is 13.0. The van der Waals surface area contributed by atoms with E-state index in [-0.39, 0.29) is 17.1 Å². The van der Waals surface area contributed by atoms with Gasteiger partial charge in [-0.3, -0.25) is 14.1 Å². The number of hydrogen-bond acceptors (Lipinski definition) is 7. The molecule has 9 nitrogen and oxygen atoms in total. The van der Waals surface area contributed by atoms with Crippen molar-refractivity contribution in [1.82, 2.24) is 24.1 Å². The van der Waals surface area contributed by atoms with Gasteiger partial charge >= 0.3 is 11.9 Å². The van der Waals surface area contributed by atoms with Crippen molar-refractivity contribution < 1.29 is 17.9 Å². The Labute approximate surface area is 186 Å². The summed E-state index contributed by atoms with van der Waals surface area (Å²) in [5, 5.41) is 0. The molecule has 0 radical (unpaired) electrons. The lowest BCUT2D eigenvalue weighted by Gasteiger charge is -2.49. The number of halogens is 3. The quantitative estimate of drug-likeness (QED) is 0.589. The van der Waals surface area contributed by atoms with E-state index in [9.17, 15) is 18.0 Å². The average molecular weight is 461 g/mol. The highest BCUT2D eigenvalue weighted by molar-refractivity contribution is 5.69. The topological polar surface area (TPSA) is 81.3 Å². The number of aryl methyl sites for hydroxylation is 1. The predicted molar refractivity (Wildman–Crippen MR) is 113 cm³/mol. The Hall–Kier alpha value is -3.15. The number of aromatic nitrogens is 5. The Morgan fingerprint density at radius 1 is 1.12 bits per heavy atom. The van der Waals surface area contributed by atoms with E-state index in [1.165, 1.54) is 10.8 Å². The second-order valence-electron chi connectivity index (χ2n) is 9.20. The molecule has 6 heterocycles. The van der Waals surface area contributed by atoms with E-state index in [4.69, 9.17) is 9.72 Å². The minimum absolute atomic E-state index is 0.00350. The highest BCUT2D eigenvalue weighted by Gasteiger charge is 2.48. The second kappa shape index (κ2) is 6.92. The van der Waals surface area contributed by atoms with Gasteiger partial charge in [0.1, 0.15) is 11.5 Å².